The van der Waals surface area contributed by atoms with Crippen molar-refractivity contribution in [3.63, 3.8) is 0 Å². The molecule has 1 amide bonds. The molecule has 0 aliphatic heterocycles. The van der Waals surface area contributed by atoms with Gasteiger partial charge in [0.2, 0.25) is 5.91 Å². The Labute approximate surface area is 127 Å². The highest BCUT2D eigenvalue weighted by molar-refractivity contribution is 9.10. The number of anilines is 1. The summed E-state index contributed by atoms with van der Waals surface area (Å²) in [5.74, 6) is -0.00706. The molecule has 106 valence electrons. The molecule has 20 heavy (non-hydrogen) atoms. The molecule has 1 aromatic carbocycles. The van der Waals surface area contributed by atoms with Crippen molar-refractivity contribution >= 4 is 27.5 Å². The van der Waals surface area contributed by atoms with Gasteiger partial charge in [-0.15, -0.1) is 0 Å². The molecule has 0 fully saturated rings. The van der Waals surface area contributed by atoms with E-state index in [2.05, 4.69) is 26.3 Å². The highest BCUT2D eigenvalue weighted by Gasteiger charge is 2.14. The van der Waals surface area contributed by atoms with E-state index >= 15 is 0 Å². The first-order chi connectivity index (χ1) is 9.45. The van der Waals surface area contributed by atoms with E-state index in [1.807, 2.05) is 55.8 Å². The summed E-state index contributed by atoms with van der Waals surface area (Å²) in [6.07, 6.45) is 0.401. The van der Waals surface area contributed by atoms with Gasteiger partial charge in [0.05, 0.1) is 11.7 Å². The zero-order chi connectivity index (χ0) is 14.7. The Morgan fingerprint density at radius 2 is 2.00 bits per heavy atom. The fourth-order valence-corrected chi connectivity index (χ4v) is 2.46. The van der Waals surface area contributed by atoms with Crippen LogP contribution in [-0.2, 0) is 4.79 Å². The number of carbonyl (C=O) groups excluding carboxylic acids is 1. The summed E-state index contributed by atoms with van der Waals surface area (Å²) in [5, 5.41) is 7.31. The third kappa shape index (κ3) is 3.70. The molecule has 4 nitrogen and oxygen atoms in total. The van der Waals surface area contributed by atoms with Gasteiger partial charge in [-0.1, -0.05) is 15.9 Å². The number of hydrogen-bond donors (Lipinski definition) is 1. The maximum atomic E-state index is 12.0. The lowest BCUT2D eigenvalue weighted by atomic mass is 10.2. The molecule has 0 aliphatic rings. The van der Waals surface area contributed by atoms with Crippen molar-refractivity contribution in [2.75, 3.05) is 5.32 Å². The molecule has 0 saturated carbocycles. The zero-order valence-electron chi connectivity index (χ0n) is 11.9. The monoisotopic (exact) mass is 335 g/mol. The Bertz CT molecular complexity index is 604. The van der Waals surface area contributed by atoms with Crippen LogP contribution in [0.4, 0.5) is 5.69 Å². The summed E-state index contributed by atoms with van der Waals surface area (Å²) in [4.78, 5) is 12.0. The number of nitrogens with zero attached hydrogens (tertiary/aromatic N) is 2. The van der Waals surface area contributed by atoms with E-state index in [4.69, 9.17) is 0 Å². The van der Waals surface area contributed by atoms with Crippen molar-refractivity contribution in [3.05, 3.63) is 46.2 Å². The second kappa shape index (κ2) is 6.22. The van der Waals surface area contributed by atoms with E-state index in [1.165, 1.54) is 0 Å². The Hall–Kier alpha value is -1.62. The van der Waals surface area contributed by atoms with Gasteiger partial charge in [-0.3, -0.25) is 9.48 Å². The molecule has 1 atom stereocenters. The van der Waals surface area contributed by atoms with Crippen LogP contribution in [0.15, 0.2) is 34.8 Å². The van der Waals surface area contributed by atoms with E-state index in [1.54, 1.807) is 0 Å². The number of carbonyl (C=O) groups is 1. The molecular formula is C15H18BrN3O. The minimum atomic E-state index is -0.00706. The first-order valence-electron chi connectivity index (χ1n) is 6.54. The van der Waals surface area contributed by atoms with Crippen LogP contribution in [0.2, 0.25) is 0 Å². The molecular weight excluding hydrogens is 318 g/mol. The number of hydrogen-bond acceptors (Lipinski definition) is 2. The topological polar surface area (TPSA) is 46.9 Å². The molecule has 5 heteroatoms. The van der Waals surface area contributed by atoms with Gasteiger partial charge in [-0.05, 0) is 51.1 Å². The average molecular weight is 336 g/mol. The molecule has 0 saturated heterocycles. The van der Waals surface area contributed by atoms with Crippen LogP contribution in [0.1, 0.15) is 30.8 Å². The highest BCUT2D eigenvalue weighted by Crippen LogP contribution is 2.17. The highest BCUT2D eigenvalue weighted by atomic mass is 79.9. The van der Waals surface area contributed by atoms with Crippen LogP contribution >= 0.6 is 15.9 Å². The first kappa shape index (κ1) is 14.8. The predicted octanol–water partition coefficient (Wildman–Crippen LogP) is 3.85. The second-order valence-corrected chi connectivity index (χ2v) is 5.90. The van der Waals surface area contributed by atoms with Crippen molar-refractivity contribution < 1.29 is 4.79 Å². The lowest BCUT2D eigenvalue weighted by Gasteiger charge is -2.14. The molecule has 1 N–H and O–H groups in total. The van der Waals surface area contributed by atoms with Crippen LogP contribution in [0.3, 0.4) is 0 Å². The van der Waals surface area contributed by atoms with E-state index in [-0.39, 0.29) is 11.9 Å². The lowest BCUT2D eigenvalue weighted by molar-refractivity contribution is -0.116. The number of nitrogens with one attached hydrogen (secondary N) is 1. The Kier molecular flexibility index (Phi) is 4.60. The number of benzene rings is 1. The van der Waals surface area contributed by atoms with Crippen LogP contribution in [-0.4, -0.2) is 15.7 Å². The van der Waals surface area contributed by atoms with Gasteiger partial charge in [-0.25, -0.2) is 0 Å². The molecule has 2 aromatic rings. The predicted molar refractivity (Wildman–Crippen MR) is 83.8 cm³/mol. The van der Waals surface area contributed by atoms with Crippen molar-refractivity contribution in [2.45, 2.75) is 33.2 Å². The molecule has 0 unspecified atom stereocenters. The van der Waals surface area contributed by atoms with E-state index < -0.39 is 0 Å². The fraction of sp³-hybridized carbons (Fsp3) is 0.333. The van der Waals surface area contributed by atoms with Crippen LogP contribution in [0, 0.1) is 13.8 Å². The number of halogens is 1. The van der Waals surface area contributed by atoms with Crippen molar-refractivity contribution in [2.24, 2.45) is 0 Å². The summed E-state index contributed by atoms with van der Waals surface area (Å²) >= 11 is 3.37. The average Bonchev–Trinajstić information content (AvgIpc) is 2.71. The van der Waals surface area contributed by atoms with E-state index in [0.29, 0.717) is 6.42 Å². The Morgan fingerprint density at radius 3 is 2.55 bits per heavy atom. The summed E-state index contributed by atoms with van der Waals surface area (Å²) in [7, 11) is 0. The summed E-state index contributed by atoms with van der Waals surface area (Å²) < 4.78 is 2.89. The van der Waals surface area contributed by atoms with Crippen LogP contribution < -0.4 is 5.32 Å². The number of aromatic nitrogens is 2. The SMILES string of the molecule is Cc1cc(C)n([C@H](C)CC(=O)Nc2ccc(Br)cc2)n1. The van der Waals surface area contributed by atoms with Gasteiger partial charge in [0, 0.05) is 22.3 Å². The van der Waals surface area contributed by atoms with Gasteiger partial charge in [0.25, 0.3) is 0 Å². The fourth-order valence-electron chi connectivity index (χ4n) is 2.19. The summed E-state index contributed by atoms with van der Waals surface area (Å²) in [6.45, 7) is 5.96. The first-order valence-corrected chi connectivity index (χ1v) is 7.33. The molecule has 2 rings (SSSR count). The summed E-state index contributed by atoms with van der Waals surface area (Å²) in [5.41, 5.74) is 2.85. The van der Waals surface area contributed by atoms with Crippen molar-refractivity contribution in [3.8, 4) is 0 Å². The minimum absolute atomic E-state index is 0.00706. The maximum Gasteiger partial charge on any atom is 0.226 e. The number of aryl methyl sites for hydroxylation is 2. The maximum absolute atomic E-state index is 12.0. The van der Waals surface area contributed by atoms with Crippen molar-refractivity contribution in [1.29, 1.82) is 0 Å². The van der Waals surface area contributed by atoms with Gasteiger partial charge >= 0.3 is 0 Å². The molecule has 0 bridgehead atoms. The minimum Gasteiger partial charge on any atom is -0.326 e. The normalized spacial score (nSPS) is 12.2. The Morgan fingerprint density at radius 1 is 1.35 bits per heavy atom. The quantitative estimate of drug-likeness (QED) is 0.922. The van der Waals surface area contributed by atoms with Gasteiger partial charge in [-0.2, -0.15) is 5.10 Å². The van der Waals surface area contributed by atoms with Gasteiger partial charge < -0.3 is 5.32 Å². The van der Waals surface area contributed by atoms with E-state index in [0.717, 1.165) is 21.5 Å². The third-order valence-corrected chi connectivity index (χ3v) is 3.60. The second-order valence-electron chi connectivity index (χ2n) is 4.98. The van der Waals surface area contributed by atoms with Gasteiger partial charge in [0.1, 0.15) is 0 Å². The zero-order valence-corrected chi connectivity index (χ0v) is 13.4. The summed E-state index contributed by atoms with van der Waals surface area (Å²) in [6, 6.07) is 9.61. The molecule has 0 radical (unpaired) electrons. The molecule has 0 spiro atoms. The molecule has 1 aromatic heterocycles. The van der Waals surface area contributed by atoms with Crippen molar-refractivity contribution in [1.82, 2.24) is 9.78 Å². The van der Waals surface area contributed by atoms with Crippen LogP contribution in [0.5, 0.6) is 0 Å². The van der Waals surface area contributed by atoms with Gasteiger partial charge in [0.15, 0.2) is 0 Å². The standard InChI is InChI=1S/C15H18BrN3O/c1-10-8-11(2)19(18-10)12(3)9-15(20)17-14-6-4-13(16)5-7-14/h4-8,12H,9H2,1-3H3,(H,17,20)/t12-/m1/s1. The number of amides is 1. The Balaban J connectivity index is 1.97. The lowest BCUT2D eigenvalue weighted by Crippen LogP contribution is -2.19. The smallest absolute Gasteiger partial charge is 0.226 e. The molecule has 1 heterocycles. The third-order valence-electron chi connectivity index (χ3n) is 3.07. The number of rotatable bonds is 4. The molecule has 0 aliphatic carbocycles. The largest absolute Gasteiger partial charge is 0.326 e. The van der Waals surface area contributed by atoms with Crippen LogP contribution in [0.25, 0.3) is 0 Å². The van der Waals surface area contributed by atoms with E-state index in [9.17, 15) is 4.79 Å².